The zero-order valence-corrected chi connectivity index (χ0v) is 12.1. The Bertz CT molecular complexity index is 473. The Kier molecular flexibility index (Phi) is 5.52. The third-order valence-corrected chi connectivity index (χ3v) is 3.94. The van der Waals surface area contributed by atoms with Gasteiger partial charge in [0.1, 0.15) is 11.6 Å². The van der Waals surface area contributed by atoms with Gasteiger partial charge in [0.05, 0.1) is 5.02 Å². The van der Waals surface area contributed by atoms with Crippen LogP contribution < -0.4 is 5.32 Å². The molecule has 1 heterocycles. The fourth-order valence-electron chi connectivity index (χ4n) is 2.63. The fourth-order valence-corrected chi connectivity index (χ4v) is 2.79. The van der Waals surface area contributed by atoms with Crippen molar-refractivity contribution in [2.75, 3.05) is 26.2 Å². The Labute approximate surface area is 123 Å². The molecular weight excluding hydrogens is 282 g/mol. The third-order valence-electron chi connectivity index (χ3n) is 3.65. The first-order chi connectivity index (χ1) is 9.65. The molecule has 0 radical (unpaired) electrons. The van der Waals surface area contributed by atoms with Gasteiger partial charge < -0.3 is 5.32 Å². The number of nitrogens with zero attached hydrogens (tertiary/aromatic N) is 1. The number of hydrogen-bond donors (Lipinski definition) is 1. The molecule has 1 aliphatic rings. The van der Waals surface area contributed by atoms with Crippen LogP contribution in [0.25, 0.3) is 0 Å². The highest BCUT2D eigenvalue weighted by atomic mass is 35.5. The van der Waals surface area contributed by atoms with E-state index in [0.717, 1.165) is 26.2 Å². The van der Waals surface area contributed by atoms with Crippen LogP contribution in [0.3, 0.4) is 0 Å². The number of rotatable bonds is 5. The second-order valence-corrected chi connectivity index (χ2v) is 5.33. The fraction of sp³-hybridized carbons (Fsp3) is 0.467. The minimum atomic E-state index is -0.640. The Balaban J connectivity index is 2.34. The molecule has 2 nitrogen and oxygen atoms in total. The Morgan fingerprint density at radius 2 is 2.05 bits per heavy atom. The summed E-state index contributed by atoms with van der Waals surface area (Å²) in [6, 6.07) is 2.20. The lowest BCUT2D eigenvalue weighted by Gasteiger charge is -2.35. The van der Waals surface area contributed by atoms with Crippen molar-refractivity contribution in [3.63, 3.8) is 0 Å². The lowest BCUT2D eigenvalue weighted by Crippen LogP contribution is -2.45. The van der Waals surface area contributed by atoms with Crippen LogP contribution in [0.2, 0.25) is 5.02 Å². The number of piperazine rings is 1. The van der Waals surface area contributed by atoms with Gasteiger partial charge in [0.15, 0.2) is 0 Å². The van der Waals surface area contributed by atoms with Crippen LogP contribution in [0, 0.1) is 11.6 Å². The highest BCUT2D eigenvalue weighted by Crippen LogP contribution is 2.33. The molecule has 1 aromatic rings. The second-order valence-electron chi connectivity index (χ2n) is 4.92. The molecule has 0 amide bonds. The van der Waals surface area contributed by atoms with E-state index in [1.165, 1.54) is 12.1 Å². The molecule has 1 aromatic carbocycles. The maximum atomic E-state index is 14.3. The average Bonchev–Trinajstić information content (AvgIpc) is 2.47. The molecule has 0 unspecified atom stereocenters. The zero-order valence-electron chi connectivity index (χ0n) is 11.3. The average molecular weight is 301 g/mol. The van der Waals surface area contributed by atoms with Crippen molar-refractivity contribution in [3.05, 3.63) is 47.0 Å². The lowest BCUT2D eigenvalue weighted by molar-refractivity contribution is 0.159. The van der Waals surface area contributed by atoms with Gasteiger partial charge in [-0.05, 0) is 25.0 Å². The minimum Gasteiger partial charge on any atom is -0.314 e. The van der Waals surface area contributed by atoms with Gasteiger partial charge in [-0.2, -0.15) is 0 Å². The van der Waals surface area contributed by atoms with Crippen LogP contribution in [-0.4, -0.2) is 31.1 Å². The number of halogens is 3. The molecule has 110 valence electrons. The first-order valence-corrected chi connectivity index (χ1v) is 7.22. The SMILES string of the molecule is C=CCC[C@H](c1c(F)ccc(Cl)c1F)N1CCNCC1. The van der Waals surface area contributed by atoms with Crippen molar-refractivity contribution in [2.45, 2.75) is 18.9 Å². The highest BCUT2D eigenvalue weighted by molar-refractivity contribution is 6.30. The van der Waals surface area contributed by atoms with Crippen LogP contribution in [0.15, 0.2) is 24.8 Å². The molecule has 1 atom stereocenters. The predicted molar refractivity (Wildman–Crippen MR) is 78.0 cm³/mol. The van der Waals surface area contributed by atoms with E-state index in [1.54, 1.807) is 6.08 Å². The lowest BCUT2D eigenvalue weighted by atomic mass is 9.98. The van der Waals surface area contributed by atoms with Crippen molar-refractivity contribution in [2.24, 2.45) is 0 Å². The van der Waals surface area contributed by atoms with Gasteiger partial charge in [-0.3, -0.25) is 4.90 Å². The maximum absolute atomic E-state index is 14.3. The van der Waals surface area contributed by atoms with Gasteiger partial charge >= 0.3 is 0 Å². The first kappa shape index (κ1) is 15.4. The summed E-state index contributed by atoms with van der Waals surface area (Å²) < 4.78 is 28.4. The minimum absolute atomic E-state index is 0.0277. The number of allylic oxidation sites excluding steroid dienone is 1. The van der Waals surface area contributed by atoms with E-state index in [9.17, 15) is 8.78 Å². The number of nitrogens with one attached hydrogen (secondary N) is 1. The zero-order chi connectivity index (χ0) is 14.5. The van der Waals surface area contributed by atoms with Crippen molar-refractivity contribution >= 4 is 11.6 Å². The molecule has 0 spiro atoms. The maximum Gasteiger partial charge on any atom is 0.149 e. The summed E-state index contributed by atoms with van der Waals surface area (Å²) in [6.45, 7) is 6.89. The van der Waals surface area contributed by atoms with E-state index in [-0.39, 0.29) is 16.6 Å². The quantitative estimate of drug-likeness (QED) is 0.661. The predicted octanol–water partition coefficient (Wildman–Crippen LogP) is 3.53. The van der Waals surface area contributed by atoms with E-state index in [0.29, 0.717) is 12.8 Å². The van der Waals surface area contributed by atoms with Crippen molar-refractivity contribution < 1.29 is 8.78 Å². The van der Waals surface area contributed by atoms with E-state index < -0.39 is 11.6 Å². The van der Waals surface area contributed by atoms with Crippen LogP contribution >= 0.6 is 11.6 Å². The molecule has 0 aliphatic carbocycles. The summed E-state index contributed by atoms with van der Waals surface area (Å²) in [7, 11) is 0. The molecule has 1 aliphatic heterocycles. The van der Waals surface area contributed by atoms with Crippen LogP contribution in [0.4, 0.5) is 8.78 Å². The smallest absolute Gasteiger partial charge is 0.149 e. The number of benzene rings is 1. The van der Waals surface area contributed by atoms with Crippen LogP contribution in [0.5, 0.6) is 0 Å². The summed E-state index contributed by atoms with van der Waals surface area (Å²) in [5.74, 6) is -1.17. The van der Waals surface area contributed by atoms with Crippen LogP contribution in [-0.2, 0) is 0 Å². The van der Waals surface area contributed by atoms with E-state index in [1.807, 2.05) is 0 Å². The van der Waals surface area contributed by atoms with Crippen molar-refractivity contribution in [1.29, 1.82) is 0 Å². The summed E-state index contributed by atoms with van der Waals surface area (Å²) in [6.07, 6.45) is 3.12. The summed E-state index contributed by atoms with van der Waals surface area (Å²) in [5, 5.41) is 3.21. The largest absolute Gasteiger partial charge is 0.314 e. The van der Waals surface area contributed by atoms with Crippen molar-refractivity contribution in [1.82, 2.24) is 10.2 Å². The van der Waals surface area contributed by atoms with Gasteiger partial charge in [-0.15, -0.1) is 6.58 Å². The molecule has 20 heavy (non-hydrogen) atoms. The van der Waals surface area contributed by atoms with Gasteiger partial charge in [-0.25, -0.2) is 8.78 Å². The Morgan fingerprint density at radius 3 is 2.70 bits per heavy atom. The standard InChI is InChI=1S/C15H19ClF2N2/c1-2-3-4-13(20-9-7-19-8-10-20)14-12(17)6-5-11(16)15(14)18/h2,5-6,13,19H,1,3-4,7-10H2/t13-/m1/s1. The Morgan fingerprint density at radius 1 is 1.35 bits per heavy atom. The van der Waals surface area contributed by atoms with E-state index in [2.05, 4.69) is 16.8 Å². The molecule has 1 fully saturated rings. The second kappa shape index (κ2) is 7.16. The molecule has 0 aromatic heterocycles. The summed E-state index contributed by atoms with van der Waals surface area (Å²) in [5.41, 5.74) is 0.0845. The topological polar surface area (TPSA) is 15.3 Å². The van der Waals surface area contributed by atoms with E-state index in [4.69, 9.17) is 11.6 Å². The summed E-state index contributed by atoms with van der Waals surface area (Å²) in [4.78, 5) is 2.11. The Hall–Kier alpha value is -0.970. The molecule has 2 rings (SSSR count). The summed E-state index contributed by atoms with van der Waals surface area (Å²) >= 11 is 5.81. The molecule has 5 heteroatoms. The van der Waals surface area contributed by atoms with Crippen LogP contribution in [0.1, 0.15) is 24.4 Å². The van der Waals surface area contributed by atoms with Gasteiger partial charge in [0.25, 0.3) is 0 Å². The molecule has 1 N–H and O–H groups in total. The third kappa shape index (κ3) is 3.37. The monoisotopic (exact) mass is 300 g/mol. The molecule has 1 saturated heterocycles. The molecular formula is C15H19ClF2N2. The first-order valence-electron chi connectivity index (χ1n) is 6.84. The van der Waals surface area contributed by atoms with E-state index >= 15 is 0 Å². The van der Waals surface area contributed by atoms with Gasteiger partial charge in [0, 0.05) is 37.8 Å². The highest BCUT2D eigenvalue weighted by Gasteiger charge is 2.27. The van der Waals surface area contributed by atoms with Gasteiger partial charge in [-0.1, -0.05) is 17.7 Å². The molecule has 0 saturated carbocycles. The number of hydrogen-bond acceptors (Lipinski definition) is 2. The normalized spacial score (nSPS) is 17.9. The van der Waals surface area contributed by atoms with Crippen molar-refractivity contribution in [3.8, 4) is 0 Å². The van der Waals surface area contributed by atoms with Gasteiger partial charge in [0.2, 0.25) is 0 Å². The molecule has 0 bridgehead atoms.